The fraction of sp³-hybridized carbons (Fsp3) is 0.400. The number of aliphatic hydroxyl groups is 1. The molecule has 0 saturated carbocycles. The maximum absolute atomic E-state index is 13.4. The smallest absolute Gasteiger partial charge is 0.147 e. The first kappa shape index (κ1) is 11.4. The van der Waals surface area contributed by atoms with Gasteiger partial charge in [0.25, 0.3) is 0 Å². The summed E-state index contributed by atoms with van der Waals surface area (Å²) in [6.45, 7) is 2.98. The third kappa shape index (κ3) is 2.67. The second-order valence-electron chi connectivity index (χ2n) is 2.97. The number of likely N-dealkylation sites (N-methyl/N-ethyl adjacent to an activating group) is 1. The van der Waals surface area contributed by atoms with Crippen molar-refractivity contribution in [1.82, 2.24) is 5.32 Å². The van der Waals surface area contributed by atoms with Gasteiger partial charge in [-0.15, -0.1) is 0 Å². The minimum absolute atomic E-state index is 0.0399. The molecule has 0 aliphatic carbocycles. The standard InChI is InChI=1S/C10H13ClFNO/c1-2-13-6-9(14)7-4-3-5-8(11)10(7)12/h3-5,9,13-14H,2,6H2,1H3. The van der Waals surface area contributed by atoms with Gasteiger partial charge in [-0.25, -0.2) is 4.39 Å². The highest BCUT2D eigenvalue weighted by atomic mass is 35.5. The molecule has 0 spiro atoms. The molecule has 0 bridgehead atoms. The van der Waals surface area contributed by atoms with Crippen LogP contribution in [0.2, 0.25) is 5.02 Å². The molecule has 0 saturated heterocycles. The molecule has 1 unspecified atom stereocenters. The normalized spacial score (nSPS) is 12.9. The van der Waals surface area contributed by atoms with Crippen LogP contribution in [0, 0.1) is 5.82 Å². The van der Waals surface area contributed by atoms with Crippen molar-refractivity contribution < 1.29 is 9.50 Å². The first-order valence-corrected chi connectivity index (χ1v) is 4.87. The van der Waals surface area contributed by atoms with Crippen molar-refractivity contribution in [2.45, 2.75) is 13.0 Å². The number of hydrogen-bond donors (Lipinski definition) is 2. The topological polar surface area (TPSA) is 32.3 Å². The predicted molar refractivity (Wildman–Crippen MR) is 54.9 cm³/mol. The second kappa shape index (κ2) is 5.29. The lowest BCUT2D eigenvalue weighted by Crippen LogP contribution is -2.21. The van der Waals surface area contributed by atoms with E-state index in [9.17, 15) is 9.50 Å². The van der Waals surface area contributed by atoms with Crippen molar-refractivity contribution in [1.29, 1.82) is 0 Å². The van der Waals surface area contributed by atoms with Crippen LogP contribution in [0.15, 0.2) is 18.2 Å². The molecule has 1 rings (SSSR count). The van der Waals surface area contributed by atoms with Crippen LogP contribution in [0.1, 0.15) is 18.6 Å². The summed E-state index contributed by atoms with van der Waals surface area (Å²) in [7, 11) is 0. The van der Waals surface area contributed by atoms with Crippen LogP contribution in [-0.2, 0) is 0 Å². The molecule has 2 N–H and O–H groups in total. The molecule has 0 heterocycles. The molecule has 1 aromatic carbocycles. The largest absolute Gasteiger partial charge is 0.387 e. The lowest BCUT2D eigenvalue weighted by atomic mass is 10.1. The average molecular weight is 218 g/mol. The molecule has 4 heteroatoms. The monoisotopic (exact) mass is 217 g/mol. The Kier molecular flexibility index (Phi) is 4.32. The molecular weight excluding hydrogens is 205 g/mol. The van der Waals surface area contributed by atoms with Gasteiger partial charge in [0.05, 0.1) is 11.1 Å². The Morgan fingerprint density at radius 3 is 2.93 bits per heavy atom. The molecule has 0 aliphatic heterocycles. The van der Waals surface area contributed by atoms with E-state index in [0.717, 1.165) is 6.54 Å². The summed E-state index contributed by atoms with van der Waals surface area (Å²) in [6.07, 6.45) is -0.853. The molecule has 1 atom stereocenters. The van der Waals surface area contributed by atoms with Gasteiger partial charge < -0.3 is 10.4 Å². The lowest BCUT2D eigenvalue weighted by Gasteiger charge is -2.12. The van der Waals surface area contributed by atoms with Gasteiger partial charge in [-0.3, -0.25) is 0 Å². The Bertz CT molecular complexity index is 306. The van der Waals surface area contributed by atoms with Gasteiger partial charge in [0.2, 0.25) is 0 Å². The van der Waals surface area contributed by atoms with Gasteiger partial charge in [-0.2, -0.15) is 0 Å². The van der Waals surface area contributed by atoms with Gasteiger partial charge >= 0.3 is 0 Å². The van der Waals surface area contributed by atoms with Crippen molar-refractivity contribution in [2.24, 2.45) is 0 Å². The van der Waals surface area contributed by atoms with E-state index in [-0.39, 0.29) is 10.6 Å². The van der Waals surface area contributed by atoms with E-state index in [0.29, 0.717) is 6.54 Å². The van der Waals surface area contributed by atoms with E-state index in [1.54, 1.807) is 6.07 Å². The van der Waals surface area contributed by atoms with E-state index in [2.05, 4.69) is 5.32 Å². The fourth-order valence-electron chi connectivity index (χ4n) is 1.17. The van der Waals surface area contributed by atoms with E-state index in [1.807, 2.05) is 6.92 Å². The van der Waals surface area contributed by atoms with Crippen LogP contribution in [-0.4, -0.2) is 18.2 Å². The van der Waals surface area contributed by atoms with Gasteiger partial charge in [0, 0.05) is 12.1 Å². The zero-order valence-corrected chi connectivity index (χ0v) is 8.68. The quantitative estimate of drug-likeness (QED) is 0.810. The van der Waals surface area contributed by atoms with Crippen molar-refractivity contribution >= 4 is 11.6 Å². The summed E-state index contributed by atoms with van der Waals surface area (Å²) in [5.74, 6) is -0.542. The third-order valence-electron chi connectivity index (χ3n) is 1.93. The van der Waals surface area contributed by atoms with Gasteiger partial charge in [0.15, 0.2) is 0 Å². The van der Waals surface area contributed by atoms with Gasteiger partial charge in [-0.1, -0.05) is 30.7 Å². The number of benzene rings is 1. The van der Waals surface area contributed by atoms with Crippen molar-refractivity contribution in [3.63, 3.8) is 0 Å². The highest BCUT2D eigenvalue weighted by Crippen LogP contribution is 2.22. The van der Waals surface area contributed by atoms with E-state index in [1.165, 1.54) is 12.1 Å². The molecule has 2 nitrogen and oxygen atoms in total. The third-order valence-corrected chi connectivity index (χ3v) is 2.22. The van der Waals surface area contributed by atoms with Crippen LogP contribution >= 0.6 is 11.6 Å². The van der Waals surface area contributed by atoms with Crippen molar-refractivity contribution in [3.05, 3.63) is 34.6 Å². The lowest BCUT2D eigenvalue weighted by molar-refractivity contribution is 0.171. The van der Waals surface area contributed by atoms with Crippen LogP contribution in [0.3, 0.4) is 0 Å². The summed E-state index contributed by atoms with van der Waals surface area (Å²) in [5.41, 5.74) is 0.235. The minimum Gasteiger partial charge on any atom is -0.387 e. The Hall–Kier alpha value is -0.640. The van der Waals surface area contributed by atoms with Crippen molar-refractivity contribution in [3.8, 4) is 0 Å². The van der Waals surface area contributed by atoms with Gasteiger partial charge in [-0.05, 0) is 12.6 Å². The summed E-state index contributed by atoms with van der Waals surface area (Å²) in [4.78, 5) is 0. The molecule has 14 heavy (non-hydrogen) atoms. The average Bonchev–Trinajstić information content (AvgIpc) is 2.18. The fourth-order valence-corrected chi connectivity index (χ4v) is 1.35. The molecule has 0 aliphatic rings. The molecule has 1 aromatic rings. The molecular formula is C10H13ClFNO. The van der Waals surface area contributed by atoms with E-state index in [4.69, 9.17) is 11.6 Å². The molecule has 78 valence electrons. The Morgan fingerprint density at radius 1 is 1.57 bits per heavy atom. The van der Waals surface area contributed by atoms with Crippen LogP contribution in [0.4, 0.5) is 4.39 Å². The SMILES string of the molecule is CCNCC(O)c1cccc(Cl)c1F. The Balaban J connectivity index is 2.79. The highest BCUT2D eigenvalue weighted by Gasteiger charge is 2.13. The zero-order chi connectivity index (χ0) is 10.6. The van der Waals surface area contributed by atoms with Gasteiger partial charge in [0.1, 0.15) is 5.82 Å². The van der Waals surface area contributed by atoms with Crippen molar-refractivity contribution in [2.75, 3.05) is 13.1 Å². The maximum atomic E-state index is 13.4. The Morgan fingerprint density at radius 2 is 2.29 bits per heavy atom. The highest BCUT2D eigenvalue weighted by molar-refractivity contribution is 6.30. The van der Waals surface area contributed by atoms with Crippen LogP contribution < -0.4 is 5.32 Å². The van der Waals surface area contributed by atoms with E-state index < -0.39 is 11.9 Å². The minimum atomic E-state index is -0.853. The number of aliphatic hydroxyl groups excluding tert-OH is 1. The number of rotatable bonds is 4. The second-order valence-corrected chi connectivity index (χ2v) is 3.37. The maximum Gasteiger partial charge on any atom is 0.147 e. The molecule has 0 amide bonds. The van der Waals surface area contributed by atoms with E-state index >= 15 is 0 Å². The predicted octanol–water partition coefficient (Wildman–Crippen LogP) is 2.12. The summed E-state index contributed by atoms with van der Waals surface area (Å²) in [5, 5.41) is 12.6. The van der Waals surface area contributed by atoms with Crippen LogP contribution in [0.25, 0.3) is 0 Å². The summed E-state index contributed by atoms with van der Waals surface area (Å²) in [6, 6.07) is 4.61. The summed E-state index contributed by atoms with van der Waals surface area (Å²) >= 11 is 5.59. The number of nitrogens with one attached hydrogen (secondary N) is 1. The Labute approximate surface area is 87.7 Å². The number of hydrogen-bond acceptors (Lipinski definition) is 2. The summed E-state index contributed by atoms with van der Waals surface area (Å²) < 4.78 is 13.4. The molecule has 0 radical (unpaired) electrons. The molecule has 0 fully saturated rings. The molecule has 0 aromatic heterocycles. The first-order chi connectivity index (χ1) is 6.66. The number of halogens is 2. The first-order valence-electron chi connectivity index (χ1n) is 4.49. The zero-order valence-electron chi connectivity index (χ0n) is 7.93. The van der Waals surface area contributed by atoms with Crippen LogP contribution in [0.5, 0.6) is 0 Å².